The molecule has 0 fully saturated rings. The first-order valence-electron chi connectivity index (χ1n) is 9.74. The van der Waals surface area contributed by atoms with Crippen molar-refractivity contribution < 1.29 is 9.59 Å². The molecule has 4 rings (SSSR count). The van der Waals surface area contributed by atoms with Gasteiger partial charge in [0.25, 0.3) is 5.91 Å². The minimum Gasteiger partial charge on any atom is -0.311 e. The molecule has 1 aliphatic carbocycles. The van der Waals surface area contributed by atoms with Gasteiger partial charge in [0.15, 0.2) is 0 Å². The van der Waals surface area contributed by atoms with Crippen LogP contribution in [0, 0.1) is 5.92 Å². The molecule has 0 aromatic heterocycles. The van der Waals surface area contributed by atoms with Crippen LogP contribution in [0.25, 0.3) is 0 Å². The summed E-state index contributed by atoms with van der Waals surface area (Å²) in [6.45, 7) is 0. The maximum atomic E-state index is 13.2. The van der Waals surface area contributed by atoms with Crippen molar-refractivity contribution >= 4 is 52.2 Å². The number of allylic oxidation sites excluding steroid dienone is 4. The van der Waals surface area contributed by atoms with E-state index in [0.29, 0.717) is 27.1 Å². The van der Waals surface area contributed by atoms with E-state index in [1.54, 1.807) is 49.5 Å². The number of likely N-dealkylation sites (N-methyl/N-ethyl adjacent to an activating group) is 1. The number of halogens is 2. The summed E-state index contributed by atoms with van der Waals surface area (Å²) < 4.78 is 0. The van der Waals surface area contributed by atoms with Crippen molar-refractivity contribution in [3.63, 3.8) is 0 Å². The lowest BCUT2D eigenvalue weighted by molar-refractivity contribution is -0.119. The maximum Gasteiger partial charge on any atom is 0.321 e. The van der Waals surface area contributed by atoms with Gasteiger partial charge < -0.3 is 15.5 Å². The smallest absolute Gasteiger partial charge is 0.311 e. The van der Waals surface area contributed by atoms with Gasteiger partial charge in [-0.15, -0.1) is 0 Å². The zero-order chi connectivity index (χ0) is 22.0. The molecule has 2 N–H and O–H groups in total. The molecule has 2 unspecified atom stereocenters. The number of nitrogens with zero attached hydrogens (tertiary/aromatic N) is 2. The van der Waals surface area contributed by atoms with E-state index in [4.69, 9.17) is 28.2 Å². The molecular weight excluding hydrogens is 435 g/mol. The maximum absolute atomic E-state index is 13.2. The van der Waals surface area contributed by atoms with Crippen LogP contribution in [0.3, 0.4) is 0 Å². The molecule has 1 heterocycles. The highest BCUT2D eigenvalue weighted by Crippen LogP contribution is 2.32. The number of fused-ring (bicyclic) bond motifs is 1. The van der Waals surface area contributed by atoms with Crippen molar-refractivity contribution in [2.75, 3.05) is 17.3 Å². The molecule has 2 atom stereocenters. The second-order valence-electron chi connectivity index (χ2n) is 7.21. The van der Waals surface area contributed by atoms with Crippen LogP contribution in [0.4, 0.5) is 16.2 Å². The summed E-state index contributed by atoms with van der Waals surface area (Å²) in [4.78, 5) is 32.0. The molecule has 2 aromatic carbocycles. The number of rotatable bonds is 3. The van der Waals surface area contributed by atoms with E-state index in [2.05, 4.69) is 10.6 Å². The highest BCUT2D eigenvalue weighted by molar-refractivity contribution is 6.33. The second kappa shape index (κ2) is 8.96. The fourth-order valence-electron chi connectivity index (χ4n) is 3.59. The number of benzene rings is 2. The molecule has 0 bridgehead atoms. The lowest BCUT2D eigenvalue weighted by Gasteiger charge is -2.21. The Labute approximate surface area is 190 Å². The van der Waals surface area contributed by atoms with E-state index in [1.807, 2.05) is 24.3 Å². The fourth-order valence-corrected chi connectivity index (χ4v) is 3.94. The third-order valence-electron chi connectivity index (χ3n) is 5.15. The van der Waals surface area contributed by atoms with Crippen LogP contribution in [-0.2, 0) is 4.79 Å². The van der Waals surface area contributed by atoms with Gasteiger partial charge in [-0.1, -0.05) is 59.6 Å². The molecule has 0 saturated heterocycles. The number of hydrogen-bond acceptors (Lipinski definition) is 3. The van der Waals surface area contributed by atoms with Crippen LogP contribution in [0.2, 0.25) is 10.0 Å². The van der Waals surface area contributed by atoms with Gasteiger partial charge in [0.1, 0.15) is 0 Å². The van der Waals surface area contributed by atoms with Crippen LogP contribution in [0.15, 0.2) is 71.8 Å². The summed E-state index contributed by atoms with van der Waals surface area (Å²) in [6, 6.07) is 11.6. The van der Waals surface area contributed by atoms with Crippen LogP contribution < -0.4 is 15.5 Å². The van der Waals surface area contributed by atoms with Gasteiger partial charge in [-0.05, 0) is 36.8 Å². The van der Waals surface area contributed by atoms with Crippen molar-refractivity contribution in [2.24, 2.45) is 10.9 Å². The van der Waals surface area contributed by atoms with Crippen LogP contribution in [0.1, 0.15) is 12.0 Å². The van der Waals surface area contributed by atoms with Crippen LogP contribution in [0.5, 0.6) is 0 Å². The largest absolute Gasteiger partial charge is 0.321 e. The number of nitrogens with one attached hydrogen (secondary N) is 2. The highest BCUT2D eigenvalue weighted by atomic mass is 35.5. The molecule has 6 nitrogen and oxygen atoms in total. The topological polar surface area (TPSA) is 73.8 Å². The van der Waals surface area contributed by atoms with Gasteiger partial charge in [-0.3, -0.25) is 9.79 Å². The summed E-state index contributed by atoms with van der Waals surface area (Å²) in [7, 11) is 1.66. The van der Waals surface area contributed by atoms with E-state index in [0.717, 1.165) is 12.0 Å². The Bertz CT molecular complexity index is 1130. The highest BCUT2D eigenvalue weighted by Gasteiger charge is 2.32. The standard InChI is InChI=1S/C23H20Cl2N4O2/c1-29-19-12-11-15(24)13-16(19)20(14-7-3-2-4-8-14)27-21(22(29)30)28-23(31)26-18-10-6-5-9-17(18)25/h2-7,9-14,21H,8H2,1H3,(H2,26,28,31). The SMILES string of the molecule is CN1C(=O)C(NC(=O)Nc2ccccc2Cl)N=C(C2C=CC=CC2)c2cc(Cl)ccc21. The van der Waals surface area contributed by atoms with Crippen molar-refractivity contribution in [3.8, 4) is 0 Å². The molecule has 3 amide bonds. The average Bonchev–Trinajstić information content (AvgIpc) is 2.86. The Morgan fingerprint density at radius 1 is 1.16 bits per heavy atom. The van der Waals surface area contributed by atoms with Gasteiger partial charge in [-0.2, -0.15) is 0 Å². The Morgan fingerprint density at radius 3 is 2.71 bits per heavy atom. The number of hydrogen-bond donors (Lipinski definition) is 2. The first-order chi connectivity index (χ1) is 14.9. The molecular formula is C23H20Cl2N4O2. The predicted octanol–water partition coefficient (Wildman–Crippen LogP) is 5.04. The Kier molecular flexibility index (Phi) is 6.11. The molecule has 0 saturated carbocycles. The minimum atomic E-state index is -1.10. The van der Waals surface area contributed by atoms with Gasteiger partial charge >= 0.3 is 6.03 Å². The van der Waals surface area contributed by atoms with E-state index < -0.39 is 12.2 Å². The lowest BCUT2D eigenvalue weighted by Crippen LogP contribution is -2.47. The zero-order valence-electron chi connectivity index (χ0n) is 16.7. The first-order valence-corrected chi connectivity index (χ1v) is 10.5. The normalized spacial score (nSPS) is 20.0. The third-order valence-corrected chi connectivity index (χ3v) is 5.71. The van der Waals surface area contributed by atoms with Crippen molar-refractivity contribution in [1.29, 1.82) is 0 Å². The summed E-state index contributed by atoms with van der Waals surface area (Å²) in [6.07, 6.45) is 7.62. The summed E-state index contributed by atoms with van der Waals surface area (Å²) >= 11 is 12.4. The number of benzodiazepines with no additional fused rings is 1. The second-order valence-corrected chi connectivity index (χ2v) is 8.05. The van der Waals surface area contributed by atoms with Gasteiger partial charge in [0.2, 0.25) is 6.17 Å². The van der Waals surface area contributed by atoms with Gasteiger partial charge in [0, 0.05) is 23.6 Å². The van der Waals surface area contributed by atoms with E-state index in [1.165, 1.54) is 4.90 Å². The molecule has 8 heteroatoms. The van der Waals surface area contributed by atoms with E-state index >= 15 is 0 Å². The Balaban J connectivity index is 1.69. The zero-order valence-corrected chi connectivity index (χ0v) is 18.2. The summed E-state index contributed by atoms with van der Waals surface area (Å²) in [5.74, 6) is -0.402. The number of carbonyl (C=O) groups is 2. The lowest BCUT2D eigenvalue weighted by atomic mass is 9.90. The quantitative estimate of drug-likeness (QED) is 0.681. The number of anilines is 2. The van der Waals surface area contributed by atoms with Crippen molar-refractivity contribution in [3.05, 3.63) is 82.4 Å². The van der Waals surface area contributed by atoms with E-state index in [9.17, 15) is 9.59 Å². The number of para-hydroxylation sites is 1. The fraction of sp³-hybridized carbons (Fsp3) is 0.174. The average molecular weight is 455 g/mol. The molecule has 2 aliphatic rings. The number of aliphatic imine (C=N–C) groups is 1. The van der Waals surface area contributed by atoms with Gasteiger partial charge in [-0.25, -0.2) is 4.79 Å². The Morgan fingerprint density at radius 2 is 1.97 bits per heavy atom. The third kappa shape index (κ3) is 4.50. The number of urea groups is 1. The van der Waals surface area contributed by atoms with Crippen molar-refractivity contribution in [2.45, 2.75) is 12.6 Å². The molecule has 2 aromatic rings. The molecule has 0 radical (unpaired) electrons. The summed E-state index contributed by atoms with van der Waals surface area (Å²) in [5.41, 5.74) is 2.59. The summed E-state index contributed by atoms with van der Waals surface area (Å²) in [5, 5.41) is 6.28. The molecule has 0 spiro atoms. The van der Waals surface area contributed by atoms with Crippen LogP contribution in [-0.4, -0.2) is 30.9 Å². The first kappa shape index (κ1) is 21.2. The Hall–Kier alpha value is -3.09. The molecule has 158 valence electrons. The van der Waals surface area contributed by atoms with Crippen LogP contribution >= 0.6 is 23.2 Å². The number of amides is 3. The number of carbonyl (C=O) groups excluding carboxylic acids is 2. The van der Waals surface area contributed by atoms with E-state index in [-0.39, 0.29) is 11.8 Å². The molecule has 1 aliphatic heterocycles. The van der Waals surface area contributed by atoms with Crippen molar-refractivity contribution in [1.82, 2.24) is 5.32 Å². The predicted molar refractivity (Wildman–Crippen MR) is 125 cm³/mol. The minimum absolute atomic E-state index is 0.0440. The molecule has 31 heavy (non-hydrogen) atoms. The van der Waals surface area contributed by atoms with Gasteiger partial charge in [0.05, 0.1) is 22.1 Å². The monoisotopic (exact) mass is 454 g/mol.